The van der Waals surface area contributed by atoms with Crippen LogP contribution < -0.4 is 10.8 Å². The maximum Gasteiger partial charge on any atom is 0.412 e. The topological polar surface area (TPSA) is 108 Å². The lowest BCUT2D eigenvalue weighted by Gasteiger charge is -2.34. The zero-order valence-electron chi connectivity index (χ0n) is 17.1. The molecular weight excluding hydrogens is 579 g/mol. The minimum absolute atomic E-state index is 0.0325. The van der Waals surface area contributed by atoms with Crippen molar-refractivity contribution in [3.63, 3.8) is 0 Å². The Morgan fingerprint density at radius 2 is 1.90 bits per heavy atom. The van der Waals surface area contributed by atoms with E-state index in [0.29, 0.717) is 24.1 Å². The van der Waals surface area contributed by atoms with Gasteiger partial charge in [-0.05, 0) is 77.9 Å². The van der Waals surface area contributed by atoms with Gasteiger partial charge in [0.2, 0.25) is 0 Å². The average Bonchev–Trinajstić information content (AvgIpc) is 2.72. The molecule has 0 radical (unpaired) electrons. The molecule has 0 aliphatic heterocycles. The summed E-state index contributed by atoms with van der Waals surface area (Å²) in [5, 5.41) is 21.7. The number of rotatable bonds is 8. The van der Waals surface area contributed by atoms with Gasteiger partial charge in [0.05, 0.1) is 0 Å². The SMILES string of the molecule is CC(C)(CC/C=C/C(=O)NO)[C@@H](OC(=O)Nc1ccc(Br)cc1)c1cc(I)ccc1O. The van der Waals surface area contributed by atoms with Crippen LogP contribution in [0.15, 0.2) is 59.1 Å². The number of hydrogen-bond acceptors (Lipinski definition) is 5. The van der Waals surface area contributed by atoms with Gasteiger partial charge in [0.15, 0.2) is 0 Å². The van der Waals surface area contributed by atoms with Crippen molar-refractivity contribution in [2.75, 3.05) is 5.32 Å². The summed E-state index contributed by atoms with van der Waals surface area (Å²) in [5.41, 5.74) is 2.03. The first kappa shape index (κ1) is 25.2. The lowest BCUT2D eigenvalue weighted by molar-refractivity contribution is -0.124. The van der Waals surface area contributed by atoms with Crippen LogP contribution in [0.25, 0.3) is 0 Å². The van der Waals surface area contributed by atoms with Crippen LogP contribution in [0.3, 0.4) is 0 Å². The van der Waals surface area contributed by atoms with E-state index in [1.165, 1.54) is 11.6 Å². The number of amides is 2. The molecule has 9 heteroatoms. The molecule has 0 aliphatic carbocycles. The Morgan fingerprint density at radius 3 is 2.55 bits per heavy atom. The predicted molar refractivity (Wildman–Crippen MR) is 130 cm³/mol. The number of aromatic hydroxyl groups is 1. The number of ether oxygens (including phenoxy) is 1. The van der Waals surface area contributed by atoms with Gasteiger partial charge in [-0.1, -0.05) is 35.9 Å². The molecule has 2 aromatic rings. The second kappa shape index (κ2) is 11.5. The Balaban J connectivity index is 2.24. The number of hydrogen-bond donors (Lipinski definition) is 4. The summed E-state index contributed by atoms with van der Waals surface area (Å²) in [6.45, 7) is 3.84. The largest absolute Gasteiger partial charge is 0.508 e. The molecule has 0 saturated heterocycles. The number of hydroxylamine groups is 1. The van der Waals surface area contributed by atoms with Crippen LogP contribution in [-0.2, 0) is 9.53 Å². The highest BCUT2D eigenvalue weighted by Gasteiger charge is 2.35. The van der Waals surface area contributed by atoms with E-state index in [9.17, 15) is 14.7 Å². The molecule has 0 spiro atoms. The Hall–Kier alpha value is -2.11. The fraction of sp³-hybridized carbons (Fsp3) is 0.273. The Kier molecular flexibility index (Phi) is 9.32. The standard InChI is InChI=1S/C22H24BrIN2O5/c1-22(2,12-4-3-5-19(28)26-30)20(17-13-15(24)8-11-18(17)27)31-21(29)25-16-9-6-14(23)7-10-16/h3,5-11,13,20,27,30H,4,12H2,1-2H3,(H,25,29)(H,26,28)/b5-3+/t20-/m0/s1. The summed E-state index contributed by atoms with van der Waals surface area (Å²) in [6, 6.07) is 12.2. The van der Waals surface area contributed by atoms with E-state index in [0.717, 1.165) is 8.04 Å². The molecule has 0 aliphatic rings. The molecule has 7 nitrogen and oxygen atoms in total. The van der Waals surface area contributed by atoms with E-state index < -0.39 is 23.5 Å². The van der Waals surface area contributed by atoms with Crippen molar-refractivity contribution < 1.29 is 24.6 Å². The van der Waals surface area contributed by atoms with Crippen LogP contribution in [0.2, 0.25) is 0 Å². The summed E-state index contributed by atoms with van der Waals surface area (Å²) in [7, 11) is 0. The number of allylic oxidation sites excluding steroid dienone is 1. The quantitative estimate of drug-likeness (QED) is 0.130. The Labute approximate surface area is 203 Å². The molecule has 166 valence electrons. The number of anilines is 1. The molecule has 0 aromatic heterocycles. The monoisotopic (exact) mass is 602 g/mol. The number of phenolic OH excluding ortho intramolecular Hbond substituents is 1. The first-order valence-electron chi connectivity index (χ1n) is 9.44. The third-order valence-corrected chi connectivity index (χ3v) is 5.83. The van der Waals surface area contributed by atoms with Crippen LogP contribution in [0.5, 0.6) is 5.75 Å². The van der Waals surface area contributed by atoms with Gasteiger partial charge < -0.3 is 9.84 Å². The third kappa shape index (κ3) is 7.82. The normalized spacial score (nSPS) is 12.4. The van der Waals surface area contributed by atoms with E-state index in [1.807, 2.05) is 13.8 Å². The fourth-order valence-corrected chi connectivity index (χ4v) is 3.76. The molecule has 1 atom stereocenters. The van der Waals surface area contributed by atoms with E-state index in [2.05, 4.69) is 43.8 Å². The van der Waals surface area contributed by atoms with E-state index in [1.54, 1.807) is 48.5 Å². The fourth-order valence-electron chi connectivity index (χ4n) is 2.98. The van der Waals surface area contributed by atoms with Gasteiger partial charge in [0.1, 0.15) is 11.9 Å². The van der Waals surface area contributed by atoms with Gasteiger partial charge >= 0.3 is 6.09 Å². The Bertz CT molecular complexity index is 947. The lowest BCUT2D eigenvalue weighted by Crippen LogP contribution is -2.29. The van der Waals surface area contributed by atoms with Crippen LogP contribution in [0.4, 0.5) is 10.5 Å². The van der Waals surface area contributed by atoms with E-state index >= 15 is 0 Å². The number of carbonyl (C=O) groups excluding carboxylic acids is 2. The van der Waals surface area contributed by atoms with E-state index in [-0.39, 0.29) is 5.75 Å². The molecule has 0 unspecified atom stereocenters. The maximum absolute atomic E-state index is 12.7. The molecule has 2 rings (SSSR count). The molecule has 2 amide bonds. The number of phenols is 1. The third-order valence-electron chi connectivity index (χ3n) is 4.63. The minimum atomic E-state index is -0.752. The molecule has 0 heterocycles. The van der Waals surface area contributed by atoms with E-state index in [4.69, 9.17) is 9.94 Å². The van der Waals surface area contributed by atoms with Crippen molar-refractivity contribution in [3.05, 3.63) is 68.2 Å². The van der Waals surface area contributed by atoms with Gasteiger partial charge in [-0.25, -0.2) is 10.3 Å². The number of benzene rings is 2. The van der Waals surface area contributed by atoms with Gasteiger partial charge in [-0.2, -0.15) is 0 Å². The summed E-state index contributed by atoms with van der Waals surface area (Å²) in [4.78, 5) is 23.8. The highest BCUT2D eigenvalue weighted by molar-refractivity contribution is 14.1. The second-order valence-corrected chi connectivity index (χ2v) is 9.69. The molecule has 31 heavy (non-hydrogen) atoms. The summed E-state index contributed by atoms with van der Waals surface area (Å²) in [6.07, 6.45) is 2.50. The van der Waals surface area contributed by atoms with Crippen molar-refractivity contribution in [1.29, 1.82) is 0 Å². The molecule has 2 aromatic carbocycles. The van der Waals surface area contributed by atoms with Gasteiger partial charge in [-0.15, -0.1) is 0 Å². The molecule has 0 fully saturated rings. The first-order chi connectivity index (χ1) is 14.6. The molecule has 0 bridgehead atoms. The van der Waals surface area contributed by atoms with Crippen LogP contribution in [0.1, 0.15) is 38.4 Å². The zero-order valence-corrected chi connectivity index (χ0v) is 20.8. The van der Waals surface area contributed by atoms with Crippen molar-refractivity contribution >= 4 is 56.2 Å². The number of halogens is 2. The predicted octanol–water partition coefficient (Wildman–Crippen LogP) is 5.92. The van der Waals surface area contributed by atoms with Gasteiger partial charge in [-0.3, -0.25) is 15.3 Å². The average molecular weight is 603 g/mol. The molecular formula is C22H24BrIN2O5. The lowest BCUT2D eigenvalue weighted by atomic mass is 9.78. The van der Waals surface area contributed by atoms with Crippen LogP contribution in [-0.4, -0.2) is 22.3 Å². The number of carbonyl (C=O) groups is 2. The van der Waals surface area contributed by atoms with Crippen LogP contribution in [0, 0.1) is 8.99 Å². The summed E-state index contributed by atoms with van der Waals surface area (Å²) >= 11 is 5.48. The molecule has 0 saturated carbocycles. The minimum Gasteiger partial charge on any atom is -0.508 e. The maximum atomic E-state index is 12.7. The van der Waals surface area contributed by atoms with Gasteiger partial charge in [0, 0.05) is 30.8 Å². The van der Waals surface area contributed by atoms with Crippen molar-refractivity contribution in [3.8, 4) is 5.75 Å². The van der Waals surface area contributed by atoms with Crippen molar-refractivity contribution in [1.82, 2.24) is 5.48 Å². The number of nitrogens with one attached hydrogen (secondary N) is 2. The Morgan fingerprint density at radius 1 is 1.23 bits per heavy atom. The van der Waals surface area contributed by atoms with Crippen molar-refractivity contribution in [2.24, 2.45) is 5.41 Å². The molecule has 4 N–H and O–H groups in total. The zero-order chi connectivity index (χ0) is 23.0. The summed E-state index contributed by atoms with van der Waals surface area (Å²) in [5.74, 6) is -0.583. The first-order valence-corrected chi connectivity index (χ1v) is 11.3. The summed E-state index contributed by atoms with van der Waals surface area (Å²) < 4.78 is 7.58. The van der Waals surface area contributed by atoms with Crippen molar-refractivity contribution in [2.45, 2.75) is 32.8 Å². The van der Waals surface area contributed by atoms with Gasteiger partial charge in [0.25, 0.3) is 5.91 Å². The smallest absolute Gasteiger partial charge is 0.412 e. The second-order valence-electron chi connectivity index (χ2n) is 7.53. The highest BCUT2D eigenvalue weighted by atomic mass is 127. The van der Waals surface area contributed by atoms with Crippen LogP contribution >= 0.6 is 38.5 Å². The highest BCUT2D eigenvalue weighted by Crippen LogP contribution is 2.44.